The molecule has 0 fully saturated rings. The van der Waals surface area contributed by atoms with Gasteiger partial charge in [0.1, 0.15) is 23.5 Å². The van der Waals surface area contributed by atoms with E-state index in [-0.39, 0.29) is 5.75 Å². The van der Waals surface area contributed by atoms with E-state index in [0.29, 0.717) is 11.0 Å². The maximum atomic E-state index is 9.52. The molecule has 108 valence electrons. The fourth-order valence-corrected chi connectivity index (χ4v) is 2.71. The lowest BCUT2D eigenvalue weighted by Gasteiger charge is -2.08. The number of aromatic nitrogens is 3. The topological polar surface area (TPSA) is 73.8 Å². The average molecular weight is 347 g/mol. The maximum absolute atomic E-state index is 9.52. The van der Waals surface area contributed by atoms with E-state index >= 15 is 0 Å². The summed E-state index contributed by atoms with van der Waals surface area (Å²) >= 11 is 3.32. The number of hydrogen-bond acceptors (Lipinski definition) is 4. The van der Waals surface area contributed by atoms with Crippen molar-refractivity contribution in [2.24, 2.45) is 0 Å². The molecule has 21 heavy (non-hydrogen) atoms. The molecule has 5 nitrogen and oxygen atoms in total. The summed E-state index contributed by atoms with van der Waals surface area (Å²) in [6.07, 6.45) is 4.45. The number of aryl methyl sites for hydroxylation is 1. The second kappa shape index (κ2) is 5.73. The van der Waals surface area contributed by atoms with Gasteiger partial charge in [0.05, 0.1) is 9.86 Å². The molecular weight excluding hydrogens is 332 g/mol. The Morgan fingerprint density at radius 2 is 2.19 bits per heavy atom. The second-order valence-corrected chi connectivity index (χ2v) is 5.61. The number of aromatic hydroxyl groups is 1. The monoisotopic (exact) mass is 346 g/mol. The fraction of sp³-hybridized carbons (Fsp3) is 0.200. The van der Waals surface area contributed by atoms with Gasteiger partial charge in [-0.1, -0.05) is 13.0 Å². The molecular formula is C15H15BrN4O. The largest absolute Gasteiger partial charge is 0.507 e. The predicted molar refractivity (Wildman–Crippen MR) is 86.4 cm³/mol. The number of fused-ring (bicyclic) bond motifs is 1. The zero-order chi connectivity index (χ0) is 14.8. The van der Waals surface area contributed by atoms with Crippen molar-refractivity contribution in [1.82, 2.24) is 15.0 Å². The minimum Gasteiger partial charge on any atom is -0.507 e. The quantitative estimate of drug-likeness (QED) is 0.674. The fourth-order valence-electron chi connectivity index (χ4n) is 2.29. The molecule has 2 aromatic heterocycles. The zero-order valence-corrected chi connectivity index (χ0v) is 13.1. The number of H-pyrrole nitrogens is 1. The van der Waals surface area contributed by atoms with E-state index < -0.39 is 0 Å². The Bertz CT molecular complexity index is 784. The third-order valence-electron chi connectivity index (χ3n) is 3.40. The molecule has 0 aliphatic heterocycles. The zero-order valence-electron chi connectivity index (χ0n) is 11.5. The van der Waals surface area contributed by atoms with Crippen molar-refractivity contribution in [1.29, 1.82) is 0 Å². The van der Waals surface area contributed by atoms with E-state index in [1.807, 2.05) is 18.3 Å². The Kier molecular flexibility index (Phi) is 3.79. The highest BCUT2D eigenvalue weighted by atomic mass is 79.9. The van der Waals surface area contributed by atoms with Crippen LogP contribution in [0.1, 0.15) is 18.1 Å². The van der Waals surface area contributed by atoms with Gasteiger partial charge in [-0.2, -0.15) is 0 Å². The van der Waals surface area contributed by atoms with E-state index in [0.717, 1.165) is 28.8 Å². The van der Waals surface area contributed by atoms with Gasteiger partial charge in [0.25, 0.3) is 0 Å². The molecule has 0 atom stereocenters. The molecule has 0 amide bonds. The number of anilines is 1. The third-order valence-corrected chi connectivity index (χ3v) is 4.04. The van der Waals surface area contributed by atoms with Gasteiger partial charge in [-0.05, 0) is 45.6 Å². The predicted octanol–water partition coefficient (Wildman–Crippen LogP) is 3.60. The molecule has 0 aliphatic rings. The van der Waals surface area contributed by atoms with E-state index in [1.165, 1.54) is 5.56 Å². The lowest BCUT2D eigenvalue weighted by Crippen LogP contribution is -2.02. The SMILES string of the molecule is CCc1c[nH]c2ncnc(NCc3ccc(O)c(Br)c3)c12. The molecule has 3 N–H and O–H groups in total. The lowest BCUT2D eigenvalue weighted by atomic mass is 10.2. The van der Waals surface area contributed by atoms with Crippen molar-refractivity contribution >= 4 is 32.8 Å². The number of aromatic amines is 1. The smallest absolute Gasteiger partial charge is 0.143 e. The highest BCUT2D eigenvalue weighted by Crippen LogP contribution is 2.26. The van der Waals surface area contributed by atoms with Crippen LogP contribution in [-0.2, 0) is 13.0 Å². The van der Waals surface area contributed by atoms with Crippen molar-refractivity contribution in [3.8, 4) is 5.75 Å². The number of phenolic OH excluding ortho intramolecular Hbond substituents is 1. The summed E-state index contributed by atoms with van der Waals surface area (Å²) in [5, 5.41) is 13.9. The summed E-state index contributed by atoms with van der Waals surface area (Å²) < 4.78 is 0.686. The van der Waals surface area contributed by atoms with Gasteiger partial charge in [-0.25, -0.2) is 9.97 Å². The number of rotatable bonds is 4. The molecule has 3 aromatic rings. The molecule has 0 unspecified atom stereocenters. The van der Waals surface area contributed by atoms with Gasteiger partial charge >= 0.3 is 0 Å². The Hall–Kier alpha value is -2.08. The Morgan fingerprint density at radius 1 is 1.33 bits per heavy atom. The van der Waals surface area contributed by atoms with Gasteiger partial charge in [0, 0.05) is 12.7 Å². The molecule has 1 aromatic carbocycles. The Labute approximate surface area is 130 Å². The van der Waals surface area contributed by atoms with Crippen LogP contribution in [-0.4, -0.2) is 20.1 Å². The first-order valence-corrected chi connectivity index (χ1v) is 7.50. The highest BCUT2D eigenvalue weighted by molar-refractivity contribution is 9.10. The molecule has 3 rings (SSSR count). The standard InChI is InChI=1S/C15H15BrN4O/c1-2-10-7-18-15-13(10)14(19-8-20-15)17-6-9-3-4-12(21)11(16)5-9/h3-5,7-8,21H,2,6H2,1H3,(H2,17,18,19,20). The van der Waals surface area contributed by atoms with Crippen LogP contribution in [0.3, 0.4) is 0 Å². The van der Waals surface area contributed by atoms with Crippen molar-refractivity contribution in [3.63, 3.8) is 0 Å². The van der Waals surface area contributed by atoms with Gasteiger partial charge < -0.3 is 15.4 Å². The Morgan fingerprint density at radius 3 is 2.95 bits per heavy atom. The molecule has 0 aliphatic carbocycles. The molecule has 0 saturated heterocycles. The molecule has 0 saturated carbocycles. The van der Waals surface area contributed by atoms with Gasteiger partial charge in [-0.3, -0.25) is 0 Å². The summed E-state index contributed by atoms with van der Waals surface area (Å²) in [4.78, 5) is 11.7. The molecule has 0 spiro atoms. The summed E-state index contributed by atoms with van der Waals surface area (Å²) in [5.41, 5.74) is 3.09. The van der Waals surface area contributed by atoms with Crippen molar-refractivity contribution in [2.75, 3.05) is 5.32 Å². The number of nitrogens with one attached hydrogen (secondary N) is 2. The van der Waals surface area contributed by atoms with Crippen LogP contribution in [0.4, 0.5) is 5.82 Å². The molecule has 0 bridgehead atoms. The normalized spacial score (nSPS) is 11.0. The van der Waals surface area contributed by atoms with Crippen LogP contribution in [0, 0.1) is 0 Å². The van der Waals surface area contributed by atoms with Crippen molar-refractivity contribution in [2.45, 2.75) is 19.9 Å². The van der Waals surface area contributed by atoms with E-state index in [9.17, 15) is 5.11 Å². The van der Waals surface area contributed by atoms with Crippen LogP contribution in [0.5, 0.6) is 5.75 Å². The van der Waals surface area contributed by atoms with Crippen molar-refractivity contribution in [3.05, 3.63) is 46.3 Å². The van der Waals surface area contributed by atoms with E-state index in [4.69, 9.17) is 0 Å². The van der Waals surface area contributed by atoms with Crippen molar-refractivity contribution < 1.29 is 5.11 Å². The average Bonchev–Trinajstić information content (AvgIpc) is 2.92. The summed E-state index contributed by atoms with van der Waals surface area (Å²) in [5.74, 6) is 1.06. The van der Waals surface area contributed by atoms with E-state index in [1.54, 1.807) is 12.4 Å². The summed E-state index contributed by atoms with van der Waals surface area (Å²) in [7, 11) is 0. The molecule has 0 radical (unpaired) electrons. The summed E-state index contributed by atoms with van der Waals surface area (Å²) in [6.45, 7) is 2.73. The Balaban J connectivity index is 1.87. The highest BCUT2D eigenvalue weighted by Gasteiger charge is 2.09. The first kappa shape index (κ1) is 13.9. The number of hydrogen-bond donors (Lipinski definition) is 3. The third kappa shape index (κ3) is 2.71. The van der Waals surface area contributed by atoms with Gasteiger partial charge in [-0.15, -0.1) is 0 Å². The minimum absolute atomic E-state index is 0.238. The molecule has 2 heterocycles. The number of halogens is 1. The maximum Gasteiger partial charge on any atom is 0.143 e. The molecule has 6 heteroatoms. The van der Waals surface area contributed by atoms with Crippen LogP contribution < -0.4 is 5.32 Å². The number of benzene rings is 1. The first-order chi connectivity index (χ1) is 10.2. The number of phenols is 1. The van der Waals surface area contributed by atoms with Crippen LogP contribution in [0.25, 0.3) is 11.0 Å². The lowest BCUT2D eigenvalue weighted by molar-refractivity contribution is 0.471. The van der Waals surface area contributed by atoms with Crippen LogP contribution in [0.15, 0.2) is 35.2 Å². The minimum atomic E-state index is 0.238. The van der Waals surface area contributed by atoms with Crippen LogP contribution in [0.2, 0.25) is 0 Å². The first-order valence-electron chi connectivity index (χ1n) is 6.71. The second-order valence-electron chi connectivity index (χ2n) is 4.75. The number of nitrogens with zero attached hydrogens (tertiary/aromatic N) is 2. The van der Waals surface area contributed by atoms with E-state index in [2.05, 4.69) is 43.1 Å². The van der Waals surface area contributed by atoms with Crippen LogP contribution >= 0.6 is 15.9 Å². The summed E-state index contributed by atoms with van der Waals surface area (Å²) in [6, 6.07) is 5.44. The van der Waals surface area contributed by atoms with Gasteiger partial charge in [0.2, 0.25) is 0 Å². The van der Waals surface area contributed by atoms with Gasteiger partial charge in [0.15, 0.2) is 0 Å².